The molecule has 1 fully saturated rings. The van der Waals surface area contributed by atoms with Crippen LogP contribution in [0.4, 0.5) is 0 Å². The number of rotatable bonds is 5. The van der Waals surface area contributed by atoms with E-state index in [1.54, 1.807) is 24.5 Å². The van der Waals surface area contributed by atoms with Gasteiger partial charge in [-0.2, -0.15) is 11.3 Å². The zero-order valence-electron chi connectivity index (χ0n) is 13.4. The van der Waals surface area contributed by atoms with Crippen molar-refractivity contribution in [2.75, 3.05) is 39.3 Å². The van der Waals surface area contributed by atoms with Gasteiger partial charge in [0.25, 0.3) is 11.8 Å². The summed E-state index contributed by atoms with van der Waals surface area (Å²) in [5.41, 5.74) is 1.40. The predicted molar refractivity (Wildman–Crippen MR) is 93.2 cm³/mol. The molecule has 3 rings (SSSR count). The van der Waals surface area contributed by atoms with Crippen molar-refractivity contribution in [1.82, 2.24) is 20.1 Å². The molecule has 3 heterocycles. The highest BCUT2D eigenvalue weighted by Gasteiger charge is 2.21. The molecule has 1 saturated heterocycles. The van der Waals surface area contributed by atoms with Gasteiger partial charge in [0.2, 0.25) is 0 Å². The average molecular weight is 344 g/mol. The van der Waals surface area contributed by atoms with Gasteiger partial charge >= 0.3 is 0 Å². The molecule has 0 radical (unpaired) electrons. The maximum atomic E-state index is 12.4. The summed E-state index contributed by atoms with van der Waals surface area (Å²) < 4.78 is 0. The maximum Gasteiger partial charge on any atom is 0.254 e. The van der Waals surface area contributed by atoms with Crippen LogP contribution >= 0.6 is 11.3 Å². The first kappa shape index (κ1) is 16.6. The molecule has 1 aliphatic heterocycles. The average Bonchev–Trinajstić information content (AvgIpc) is 3.17. The van der Waals surface area contributed by atoms with E-state index in [2.05, 4.69) is 15.2 Å². The first-order chi connectivity index (χ1) is 11.7. The Morgan fingerprint density at radius 2 is 1.83 bits per heavy atom. The molecule has 0 aliphatic carbocycles. The van der Waals surface area contributed by atoms with Gasteiger partial charge in [0.05, 0.1) is 0 Å². The summed E-state index contributed by atoms with van der Waals surface area (Å²) in [6.45, 7) is 4.48. The number of nitrogens with one attached hydrogen (secondary N) is 1. The fraction of sp³-hybridized carbons (Fsp3) is 0.353. The van der Waals surface area contributed by atoms with E-state index in [9.17, 15) is 9.59 Å². The van der Waals surface area contributed by atoms with E-state index in [0.29, 0.717) is 30.8 Å². The Labute approximate surface area is 145 Å². The minimum absolute atomic E-state index is 0.0252. The first-order valence-corrected chi connectivity index (χ1v) is 8.90. The number of hydrogen-bond acceptors (Lipinski definition) is 5. The van der Waals surface area contributed by atoms with Crippen LogP contribution in [0.1, 0.15) is 20.7 Å². The van der Waals surface area contributed by atoms with Crippen molar-refractivity contribution in [3.63, 3.8) is 0 Å². The lowest BCUT2D eigenvalue weighted by atomic mass is 10.2. The first-order valence-electron chi connectivity index (χ1n) is 7.96. The number of carbonyl (C=O) groups is 2. The van der Waals surface area contributed by atoms with Gasteiger partial charge in [-0.05, 0) is 23.6 Å². The van der Waals surface area contributed by atoms with Crippen LogP contribution in [-0.4, -0.2) is 65.9 Å². The predicted octanol–water partition coefficient (Wildman–Crippen LogP) is 1.33. The quantitative estimate of drug-likeness (QED) is 0.889. The Bertz CT molecular complexity index is 667. The summed E-state index contributed by atoms with van der Waals surface area (Å²) in [6, 6.07) is 5.31. The second kappa shape index (κ2) is 8.03. The zero-order valence-corrected chi connectivity index (χ0v) is 14.2. The summed E-state index contributed by atoms with van der Waals surface area (Å²) in [4.78, 5) is 32.3. The van der Waals surface area contributed by atoms with E-state index >= 15 is 0 Å². The monoisotopic (exact) mass is 344 g/mol. The molecule has 0 aromatic carbocycles. The highest BCUT2D eigenvalue weighted by atomic mass is 32.1. The van der Waals surface area contributed by atoms with Gasteiger partial charge in [0.15, 0.2) is 0 Å². The molecule has 2 amide bonds. The number of thiophene rings is 1. The molecule has 2 aromatic rings. The highest BCUT2D eigenvalue weighted by Crippen LogP contribution is 2.08. The Hall–Kier alpha value is -2.25. The van der Waals surface area contributed by atoms with Crippen LogP contribution in [0.5, 0.6) is 0 Å². The van der Waals surface area contributed by atoms with E-state index < -0.39 is 0 Å². The van der Waals surface area contributed by atoms with Gasteiger partial charge in [-0.1, -0.05) is 0 Å². The number of nitrogens with zero attached hydrogens (tertiary/aromatic N) is 3. The van der Waals surface area contributed by atoms with Gasteiger partial charge in [0, 0.05) is 68.2 Å². The third-order valence-electron chi connectivity index (χ3n) is 4.08. The molecule has 24 heavy (non-hydrogen) atoms. The molecular weight excluding hydrogens is 324 g/mol. The molecule has 0 spiro atoms. The number of aromatic nitrogens is 1. The lowest BCUT2D eigenvalue weighted by Gasteiger charge is -2.34. The van der Waals surface area contributed by atoms with Gasteiger partial charge < -0.3 is 10.2 Å². The Morgan fingerprint density at radius 3 is 2.50 bits per heavy atom. The zero-order chi connectivity index (χ0) is 16.8. The highest BCUT2D eigenvalue weighted by molar-refractivity contribution is 7.08. The maximum absolute atomic E-state index is 12.4. The lowest BCUT2D eigenvalue weighted by molar-refractivity contribution is 0.0638. The van der Waals surface area contributed by atoms with E-state index in [0.717, 1.165) is 19.6 Å². The van der Waals surface area contributed by atoms with Crippen LogP contribution < -0.4 is 5.32 Å². The molecule has 0 bridgehead atoms. The van der Waals surface area contributed by atoms with Crippen molar-refractivity contribution in [3.05, 3.63) is 52.5 Å². The number of carbonyl (C=O) groups excluding carboxylic acids is 2. The van der Waals surface area contributed by atoms with Gasteiger partial charge in [0.1, 0.15) is 0 Å². The molecule has 0 saturated carbocycles. The second-order valence-electron chi connectivity index (χ2n) is 5.64. The summed E-state index contributed by atoms with van der Waals surface area (Å²) >= 11 is 1.52. The largest absolute Gasteiger partial charge is 0.351 e. The smallest absolute Gasteiger partial charge is 0.254 e. The number of piperazine rings is 1. The Morgan fingerprint density at radius 1 is 1.08 bits per heavy atom. The van der Waals surface area contributed by atoms with Crippen LogP contribution in [0, 0.1) is 0 Å². The van der Waals surface area contributed by atoms with Crippen molar-refractivity contribution in [1.29, 1.82) is 0 Å². The third kappa shape index (κ3) is 4.18. The van der Waals surface area contributed by atoms with Crippen LogP contribution in [0.3, 0.4) is 0 Å². The fourth-order valence-corrected chi connectivity index (χ4v) is 3.31. The topological polar surface area (TPSA) is 65.5 Å². The van der Waals surface area contributed by atoms with Crippen LogP contribution in [-0.2, 0) is 0 Å². The van der Waals surface area contributed by atoms with Gasteiger partial charge in [-0.3, -0.25) is 19.5 Å². The van der Waals surface area contributed by atoms with Crippen LogP contribution in [0.15, 0.2) is 41.4 Å². The molecular formula is C17H20N4O2S. The fourth-order valence-electron chi connectivity index (χ4n) is 2.67. The summed E-state index contributed by atoms with van der Waals surface area (Å²) in [6.07, 6.45) is 3.28. The minimum atomic E-state index is -0.0252. The number of amides is 2. The molecule has 126 valence electrons. The van der Waals surface area contributed by atoms with Crippen LogP contribution in [0.2, 0.25) is 0 Å². The van der Waals surface area contributed by atoms with Gasteiger partial charge in [-0.15, -0.1) is 0 Å². The van der Waals surface area contributed by atoms with Crippen molar-refractivity contribution >= 4 is 23.2 Å². The molecule has 6 nitrogen and oxygen atoms in total. The number of pyridine rings is 1. The summed E-state index contributed by atoms with van der Waals surface area (Å²) in [7, 11) is 0. The third-order valence-corrected chi connectivity index (χ3v) is 4.77. The van der Waals surface area contributed by atoms with Crippen molar-refractivity contribution in [3.8, 4) is 0 Å². The molecule has 0 atom stereocenters. The van der Waals surface area contributed by atoms with E-state index in [-0.39, 0.29) is 11.8 Å². The van der Waals surface area contributed by atoms with Crippen molar-refractivity contribution < 1.29 is 9.59 Å². The Balaban J connectivity index is 1.39. The SMILES string of the molecule is O=C(NCCN1CCN(C(=O)c2ccncc2)CC1)c1ccsc1. The van der Waals surface area contributed by atoms with Crippen LogP contribution in [0.25, 0.3) is 0 Å². The summed E-state index contributed by atoms with van der Waals surface area (Å²) in [5, 5.41) is 6.67. The lowest BCUT2D eigenvalue weighted by Crippen LogP contribution is -2.50. The minimum Gasteiger partial charge on any atom is -0.351 e. The second-order valence-corrected chi connectivity index (χ2v) is 6.42. The Kier molecular flexibility index (Phi) is 5.55. The standard InChI is InChI=1S/C17H20N4O2S/c22-16(15-3-12-24-13-15)19-6-7-20-8-10-21(11-9-20)17(23)14-1-4-18-5-2-14/h1-5,12-13H,6-11H2,(H,19,22). The van der Waals surface area contributed by atoms with E-state index in [1.807, 2.05) is 21.7 Å². The molecule has 2 aromatic heterocycles. The normalized spacial score (nSPS) is 15.2. The molecule has 1 aliphatic rings. The van der Waals surface area contributed by atoms with Crippen molar-refractivity contribution in [2.24, 2.45) is 0 Å². The van der Waals surface area contributed by atoms with E-state index in [4.69, 9.17) is 0 Å². The molecule has 1 N–H and O–H groups in total. The van der Waals surface area contributed by atoms with E-state index in [1.165, 1.54) is 11.3 Å². The summed E-state index contributed by atoms with van der Waals surface area (Å²) in [5.74, 6) is 0.0329. The number of hydrogen-bond donors (Lipinski definition) is 1. The molecule has 7 heteroatoms. The molecule has 0 unspecified atom stereocenters. The van der Waals surface area contributed by atoms with Crippen molar-refractivity contribution in [2.45, 2.75) is 0 Å². The van der Waals surface area contributed by atoms with Gasteiger partial charge in [-0.25, -0.2) is 0 Å².